The van der Waals surface area contributed by atoms with Crippen LogP contribution < -0.4 is 0 Å². The molecule has 1 aliphatic carbocycles. The molecule has 0 aliphatic heterocycles. The van der Waals surface area contributed by atoms with E-state index in [-0.39, 0.29) is 0 Å². The van der Waals surface area contributed by atoms with E-state index in [1.807, 2.05) is 72.0 Å². The van der Waals surface area contributed by atoms with Crippen molar-refractivity contribution in [2.45, 2.75) is 0 Å². The molecule has 10 aromatic rings. The number of benzene rings is 8. The third-order valence-corrected chi connectivity index (χ3v) is 11.5. The minimum absolute atomic E-state index is 0.661. The second kappa shape index (κ2) is 11.0. The summed E-state index contributed by atoms with van der Waals surface area (Å²) in [6.07, 6.45) is 0. The zero-order valence-corrected chi connectivity index (χ0v) is 28.2. The first-order valence-electron chi connectivity index (χ1n) is 17.2. The summed E-state index contributed by atoms with van der Waals surface area (Å²) in [4.78, 5) is 15.0. The van der Waals surface area contributed by atoms with Gasteiger partial charge < -0.3 is 0 Å². The first-order chi connectivity index (χ1) is 25.3. The van der Waals surface area contributed by atoms with E-state index in [0.29, 0.717) is 17.5 Å². The summed E-state index contributed by atoms with van der Waals surface area (Å²) in [5.41, 5.74) is 10.7. The smallest absolute Gasteiger partial charge is 0.164 e. The maximum atomic E-state index is 5.05. The summed E-state index contributed by atoms with van der Waals surface area (Å²) in [6, 6.07) is 58.3. The highest BCUT2D eigenvalue weighted by Crippen LogP contribution is 2.52. The Bertz CT molecular complexity index is 2960. The van der Waals surface area contributed by atoms with Crippen LogP contribution in [0, 0.1) is 0 Å². The molecule has 0 amide bonds. The van der Waals surface area contributed by atoms with Crippen molar-refractivity contribution in [3.8, 4) is 67.5 Å². The first kappa shape index (κ1) is 28.4. The lowest BCUT2D eigenvalue weighted by atomic mass is 9.94. The van der Waals surface area contributed by atoms with E-state index in [1.54, 1.807) is 0 Å². The highest BCUT2D eigenvalue weighted by atomic mass is 32.1. The molecule has 4 heteroatoms. The largest absolute Gasteiger partial charge is 0.208 e. The van der Waals surface area contributed by atoms with Crippen LogP contribution in [-0.2, 0) is 0 Å². The van der Waals surface area contributed by atoms with Gasteiger partial charge in [0, 0.05) is 42.2 Å². The SMILES string of the molecule is c1ccc(-c2nc(-c3ccccc3)nc(-c3cccc4c(-c5ccc6c(c5)sc5c7cccc8c7c(cc65)-c5ccccc5-8)cccc34)n2)cc1. The van der Waals surface area contributed by atoms with Crippen LogP contribution in [0.5, 0.6) is 0 Å². The second-order valence-corrected chi connectivity index (χ2v) is 14.2. The Morgan fingerprint density at radius 3 is 1.57 bits per heavy atom. The summed E-state index contributed by atoms with van der Waals surface area (Å²) in [6.45, 7) is 0. The van der Waals surface area contributed by atoms with E-state index < -0.39 is 0 Å². The minimum atomic E-state index is 0.661. The third-order valence-electron chi connectivity index (χ3n) is 10.3. The molecule has 11 rings (SSSR count). The van der Waals surface area contributed by atoms with Crippen LogP contribution >= 0.6 is 11.3 Å². The van der Waals surface area contributed by atoms with E-state index in [0.717, 1.165) is 22.1 Å². The lowest BCUT2D eigenvalue weighted by Crippen LogP contribution is -2.00. The Kier molecular flexibility index (Phi) is 6.12. The molecule has 2 heterocycles. The fraction of sp³-hybridized carbons (Fsp3) is 0. The monoisotopic (exact) mass is 665 g/mol. The molecule has 0 N–H and O–H groups in total. The Balaban J connectivity index is 1.08. The normalized spacial score (nSPS) is 11.9. The zero-order chi connectivity index (χ0) is 33.5. The molecule has 0 atom stereocenters. The number of hydrogen-bond acceptors (Lipinski definition) is 4. The molecule has 0 bridgehead atoms. The molecule has 0 fully saturated rings. The third kappa shape index (κ3) is 4.33. The van der Waals surface area contributed by atoms with Crippen molar-refractivity contribution in [1.82, 2.24) is 15.0 Å². The second-order valence-electron chi connectivity index (χ2n) is 13.1. The number of aromatic nitrogens is 3. The quantitative estimate of drug-likeness (QED) is 0.188. The molecule has 0 radical (unpaired) electrons. The Labute approximate surface area is 298 Å². The molecule has 0 spiro atoms. The number of nitrogens with zero attached hydrogens (tertiary/aromatic N) is 3. The van der Waals surface area contributed by atoms with Gasteiger partial charge in [0.05, 0.1) is 0 Å². The van der Waals surface area contributed by atoms with Crippen molar-refractivity contribution in [2.24, 2.45) is 0 Å². The van der Waals surface area contributed by atoms with Crippen LogP contribution in [0.15, 0.2) is 164 Å². The molecule has 0 saturated carbocycles. The fourth-order valence-corrected chi connectivity index (χ4v) is 9.20. The van der Waals surface area contributed by atoms with E-state index >= 15 is 0 Å². The average molecular weight is 666 g/mol. The zero-order valence-electron chi connectivity index (χ0n) is 27.3. The van der Waals surface area contributed by atoms with Gasteiger partial charge in [0.15, 0.2) is 17.5 Å². The highest BCUT2D eigenvalue weighted by Gasteiger charge is 2.24. The fourth-order valence-electron chi connectivity index (χ4n) is 7.95. The lowest BCUT2D eigenvalue weighted by Gasteiger charge is -2.12. The van der Waals surface area contributed by atoms with Crippen molar-refractivity contribution in [1.29, 1.82) is 0 Å². The van der Waals surface area contributed by atoms with Crippen molar-refractivity contribution in [3.05, 3.63) is 164 Å². The van der Waals surface area contributed by atoms with Gasteiger partial charge in [-0.15, -0.1) is 11.3 Å². The van der Waals surface area contributed by atoms with Crippen LogP contribution in [0.3, 0.4) is 0 Å². The van der Waals surface area contributed by atoms with Crippen LogP contribution in [0.1, 0.15) is 0 Å². The number of hydrogen-bond donors (Lipinski definition) is 0. The van der Waals surface area contributed by atoms with Crippen LogP contribution in [0.4, 0.5) is 0 Å². The molecule has 1 aliphatic rings. The van der Waals surface area contributed by atoms with Crippen molar-refractivity contribution < 1.29 is 0 Å². The summed E-state index contributed by atoms with van der Waals surface area (Å²) < 4.78 is 2.65. The van der Waals surface area contributed by atoms with Crippen LogP contribution in [-0.4, -0.2) is 15.0 Å². The number of fused-ring (bicyclic) bond motifs is 8. The van der Waals surface area contributed by atoms with Gasteiger partial charge in [0.2, 0.25) is 0 Å². The maximum absolute atomic E-state index is 5.05. The van der Waals surface area contributed by atoms with Gasteiger partial charge in [-0.1, -0.05) is 152 Å². The van der Waals surface area contributed by atoms with Crippen molar-refractivity contribution >= 4 is 53.1 Å². The minimum Gasteiger partial charge on any atom is -0.208 e. The molecule has 51 heavy (non-hydrogen) atoms. The molecular formula is C47H27N3S. The van der Waals surface area contributed by atoms with Crippen molar-refractivity contribution in [2.75, 3.05) is 0 Å². The number of thiophene rings is 1. The summed E-state index contributed by atoms with van der Waals surface area (Å²) in [7, 11) is 0. The molecule has 8 aromatic carbocycles. The molecular weight excluding hydrogens is 639 g/mol. The molecule has 3 nitrogen and oxygen atoms in total. The van der Waals surface area contributed by atoms with Gasteiger partial charge in [-0.25, -0.2) is 15.0 Å². The molecule has 0 unspecified atom stereocenters. The summed E-state index contributed by atoms with van der Waals surface area (Å²) in [5.74, 6) is 1.98. The van der Waals surface area contributed by atoms with E-state index in [1.165, 1.54) is 69.7 Å². The predicted molar refractivity (Wildman–Crippen MR) is 214 cm³/mol. The maximum Gasteiger partial charge on any atom is 0.164 e. The number of rotatable bonds is 4. The van der Waals surface area contributed by atoms with Crippen molar-refractivity contribution in [3.63, 3.8) is 0 Å². The van der Waals surface area contributed by atoms with E-state index in [9.17, 15) is 0 Å². The van der Waals surface area contributed by atoms with Gasteiger partial charge in [0.1, 0.15) is 0 Å². The van der Waals surface area contributed by atoms with Crippen LogP contribution in [0.2, 0.25) is 0 Å². The summed E-state index contributed by atoms with van der Waals surface area (Å²) in [5, 5.41) is 7.64. The molecule has 2 aromatic heterocycles. The Hall–Kier alpha value is -6.49. The van der Waals surface area contributed by atoms with Gasteiger partial charge in [-0.05, 0) is 61.7 Å². The van der Waals surface area contributed by atoms with Gasteiger partial charge in [-0.2, -0.15) is 0 Å². The first-order valence-corrected chi connectivity index (χ1v) is 18.0. The Morgan fingerprint density at radius 2 is 0.863 bits per heavy atom. The Morgan fingerprint density at radius 1 is 0.314 bits per heavy atom. The molecule has 0 saturated heterocycles. The van der Waals surface area contributed by atoms with Gasteiger partial charge >= 0.3 is 0 Å². The average Bonchev–Trinajstić information content (AvgIpc) is 3.74. The standard InChI is InChI=1S/C47H27N3S/c1-3-12-28(13-4-1)45-48-46(29-14-5-2-6-15-29)50-47(49-45)38-22-10-19-32-31(18-9-20-34(32)38)30-24-25-36-41-27-40-35-17-8-7-16-33(35)37-21-11-23-39(43(37)40)44(41)51-42(36)26-30/h1-27H. The lowest BCUT2D eigenvalue weighted by molar-refractivity contribution is 1.08. The summed E-state index contributed by atoms with van der Waals surface area (Å²) >= 11 is 1.90. The highest BCUT2D eigenvalue weighted by molar-refractivity contribution is 7.26. The predicted octanol–water partition coefficient (Wildman–Crippen LogP) is 12.9. The van der Waals surface area contributed by atoms with Gasteiger partial charge in [-0.3, -0.25) is 0 Å². The van der Waals surface area contributed by atoms with Gasteiger partial charge in [0.25, 0.3) is 0 Å². The van der Waals surface area contributed by atoms with Crippen LogP contribution in [0.25, 0.3) is 109 Å². The van der Waals surface area contributed by atoms with E-state index in [4.69, 9.17) is 15.0 Å². The molecule has 236 valence electrons. The topological polar surface area (TPSA) is 38.7 Å². The van der Waals surface area contributed by atoms with E-state index in [2.05, 4.69) is 103 Å².